The van der Waals surface area contributed by atoms with Gasteiger partial charge in [-0.2, -0.15) is 5.10 Å². The van der Waals surface area contributed by atoms with E-state index in [1.807, 2.05) is 79.0 Å². The first-order valence-electron chi connectivity index (χ1n) is 10.1. The summed E-state index contributed by atoms with van der Waals surface area (Å²) >= 11 is 0. The van der Waals surface area contributed by atoms with Crippen molar-refractivity contribution in [1.82, 2.24) is 14.8 Å². The molecule has 0 radical (unpaired) electrons. The number of benzene rings is 2. The minimum Gasteiger partial charge on any atom is -0.487 e. The second kappa shape index (κ2) is 10.2. The van der Waals surface area contributed by atoms with Gasteiger partial charge in [0.15, 0.2) is 0 Å². The number of nitrogens with zero attached hydrogens (tertiary/aromatic N) is 3. The summed E-state index contributed by atoms with van der Waals surface area (Å²) in [6, 6.07) is 23.1. The van der Waals surface area contributed by atoms with Crippen LogP contribution < -0.4 is 4.74 Å². The van der Waals surface area contributed by atoms with Crippen molar-refractivity contribution in [2.75, 3.05) is 0 Å². The van der Waals surface area contributed by atoms with Gasteiger partial charge in [0.25, 0.3) is 0 Å². The van der Waals surface area contributed by atoms with Crippen molar-refractivity contribution in [3.05, 3.63) is 108 Å². The summed E-state index contributed by atoms with van der Waals surface area (Å²) in [6.45, 7) is 0.651. The van der Waals surface area contributed by atoms with Gasteiger partial charge in [0.05, 0.1) is 17.6 Å². The molecule has 2 heterocycles. The normalized spacial score (nSPS) is 10.6. The molecule has 0 aliphatic rings. The van der Waals surface area contributed by atoms with Crippen molar-refractivity contribution in [3.8, 4) is 11.4 Å². The Morgan fingerprint density at radius 1 is 0.871 bits per heavy atom. The number of carbonyl (C=O) groups is 1. The Kier molecular flexibility index (Phi) is 6.70. The van der Waals surface area contributed by atoms with E-state index >= 15 is 0 Å². The Hall–Kier alpha value is -3.93. The van der Waals surface area contributed by atoms with Crippen LogP contribution in [0.15, 0.2) is 91.4 Å². The van der Waals surface area contributed by atoms with E-state index in [1.165, 1.54) is 0 Å². The molecule has 31 heavy (non-hydrogen) atoms. The molecule has 4 aromatic rings. The quantitative estimate of drug-likeness (QED) is 0.378. The molecular formula is C25H23N3O3. The molecule has 2 aromatic heterocycles. The lowest BCUT2D eigenvalue weighted by molar-refractivity contribution is -0.144. The van der Waals surface area contributed by atoms with Crippen LogP contribution in [0.1, 0.15) is 23.2 Å². The van der Waals surface area contributed by atoms with Crippen molar-refractivity contribution in [2.24, 2.45) is 0 Å². The number of aromatic nitrogens is 3. The highest BCUT2D eigenvalue weighted by atomic mass is 16.5. The zero-order valence-corrected chi connectivity index (χ0v) is 17.1. The topological polar surface area (TPSA) is 66.2 Å². The summed E-state index contributed by atoms with van der Waals surface area (Å²) < 4.78 is 12.9. The van der Waals surface area contributed by atoms with E-state index in [0.717, 1.165) is 28.3 Å². The summed E-state index contributed by atoms with van der Waals surface area (Å²) in [5, 5.41) is 4.35. The van der Waals surface area contributed by atoms with Crippen molar-refractivity contribution >= 4 is 5.97 Å². The Morgan fingerprint density at radius 3 is 2.45 bits per heavy atom. The zero-order valence-electron chi connectivity index (χ0n) is 17.1. The van der Waals surface area contributed by atoms with Gasteiger partial charge in [-0.1, -0.05) is 36.4 Å². The molecule has 0 bridgehead atoms. The highest BCUT2D eigenvalue weighted by Crippen LogP contribution is 2.15. The molecular weight excluding hydrogens is 390 g/mol. The van der Waals surface area contributed by atoms with Crippen LogP contribution in [-0.2, 0) is 29.2 Å². The van der Waals surface area contributed by atoms with Crippen molar-refractivity contribution in [2.45, 2.75) is 26.1 Å². The molecule has 0 aliphatic carbocycles. The monoisotopic (exact) mass is 413 g/mol. The molecule has 0 saturated heterocycles. The first kappa shape index (κ1) is 20.3. The molecule has 0 atom stereocenters. The molecule has 0 fully saturated rings. The van der Waals surface area contributed by atoms with Crippen molar-refractivity contribution in [1.29, 1.82) is 0 Å². The number of pyridine rings is 1. The first-order valence-corrected chi connectivity index (χ1v) is 10.1. The minimum absolute atomic E-state index is 0.233. The minimum atomic E-state index is -0.233. The lowest BCUT2D eigenvalue weighted by Gasteiger charge is -2.08. The van der Waals surface area contributed by atoms with Gasteiger partial charge in [-0.3, -0.25) is 9.78 Å². The molecule has 0 unspecified atom stereocenters. The third-order valence-electron chi connectivity index (χ3n) is 4.71. The van der Waals surface area contributed by atoms with E-state index in [4.69, 9.17) is 9.47 Å². The molecule has 156 valence electrons. The van der Waals surface area contributed by atoms with Crippen LogP contribution in [0.5, 0.6) is 5.75 Å². The average molecular weight is 413 g/mol. The fourth-order valence-corrected chi connectivity index (χ4v) is 3.02. The third-order valence-corrected chi connectivity index (χ3v) is 4.71. The number of aryl methyl sites for hydroxylation is 1. The van der Waals surface area contributed by atoms with Crippen LogP contribution in [0.25, 0.3) is 5.69 Å². The number of para-hydroxylation sites is 1. The fourth-order valence-electron chi connectivity index (χ4n) is 3.02. The average Bonchev–Trinajstić information content (AvgIpc) is 3.31. The van der Waals surface area contributed by atoms with Crippen LogP contribution in [-0.4, -0.2) is 20.7 Å². The summed E-state index contributed by atoms with van der Waals surface area (Å²) in [5.74, 6) is 0.513. The van der Waals surface area contributed by atoms with Gasteiger partial charge in [-0.15, -0.1) is 0 Å². The molecule has 4 rings (SSSR count). The second-order valence-electron chi connectivity index (χ2n) is 7.04. The first-order chi connectivity index (χ1) is 15.3. The van der Waals surface area contributed by atoms with Gasteiger partial charge in [0.2, 0.25) is 0 Å². The standard InChI is InChI=1S/C25H23N3O3/c29-25(14-11-21-16-27-28(17-21)23-7-2-1-3-8-23)31-18-20-9-12-24(13-10-20)30-19-22-6-4-5-15-26-22/h1-10,12-13,15-17H,11,14,18-19H2. The number of carbonyl (C=O) groups excluding carboxylic acids is 1. The molecule has 0 saturated carbocycles. The zero-order chi connectivity index (χ0) is 21.3. The maximum Gasteiger partial charge on any atom is 0.306 e. The Labute approximate surface area is 181 Å². The maximum absolute atomic E-state index is 12.1. The number of hydrogen-bond donors (Lipinski definition) is 0. The summed E-state index contributed by atoms with van der Waals surface area (Å²) in [7, 11) is 0. The molecule has 6 nitrogen and oxygen atoms in total. The SMILES string of the molecule is O=C(CCc1cnn(-c2ccccc2)c1)OCc1ccc(OCc2ccccn2)cc1. The molecule has 0 spiro atoms. The molecule has 0 N–H and O–H groups in total. The van der Waals surface area contributed by atoms with E-state index in [2.05, 4.69) is 10.1 Å². The van der Waals surface area contributed by atoms with Crippen molar-refractivity contribution < 1.29 is 14.3 Å². The van der Waals surface area contributed by atoms with E-state index in [0.29, 0.717) is 19.4 Å². The number of rotatable bonds is 9. The Morgan fingerprint density at radius 2 is 1.68 bits per heavy atom. The largest absolute Gasteiger partial charge is 0.487 e. The number of esters is 1. The van der Waals surface area contributed by atoms with Gasteiger partial charge in [-0.05, 0) is 53.9 Å². The van der Waals surface area contributed by atoms with E-state index in [-0.39, 0.29) is 12.6 Å². The maximum atomic E-state index is 12.1. The van der Waals surface area contributed by atoms with Gasteiger partial charge >= 0.3 is 5.97 Å². The highest BCUT2D eigenvalue weighted by molar-refractivity contribution is 5.69. The number of ether oxygens (including phenoxy) is 2. The van der Waals surface area contributed by atoms with E-state index in [1.54, 1.807) is 17.1 Å². The predicted molar refractivity (Wildman–Crippen MR) is 117 cm³/mol. The lowest BCUT2D eigenvalue weighted by atomic mass is 10.2. The summed E-state index contributed by atoms with van der Waals surface area (Å²) in [4.78, 5) is 16.3. The van der Waals surface area contributed by atoms with Crippen LogP contribution >= 0.6 is 0 Å². The molecule has 2 aromatic carbocycles. The van der Waals surface area contributed by atoms with Gasteiger partial charge in [0.1, 0.15) is 19.0 Å². The van der Waals surface area contributed by atoms with Crippen LogP contribution in [0.4, 0.5) is 0 Å². The van der Waals surface area contributed by atoms with Crippen LogP contribution in [0.2, 0.25) is 0 Å². The van der Waals surface area contributed by atoms with Gasteiger partial charge in [-0.25, -0.2) is 4.68 Å². The van der Waals surface area contributed by atoms with Gasteiger partial charge in [0, 0.05) is 18.8 Å². The van der Waals surface area contributed by atoms with Crippen LogP contribution in [0, 0.1) is 0 Å². The summed E-state index contributed by atoms with van der Waals surface area (Å²) in [6.07, 6.45) is 6.36. The molecule has 6 heteroatoms. The fraction of sp³-hybridized carbons (Fsp3) is 0.160. The smallest absolute Gasteiger partial charge is 0.306 e. The van der Waals surface area contributed by atoms with Crippen molar-refractivity contribution in [3.63, 3.8) is 0 Å². The predicted octanol–water partition coefficient (Wildman–Crippen LogP) is 4.52. The van der Waals surface area contributed by atoms with E-state index < -0.39 is 0 Å². The molecule has 0 amide bonds. The Balaban J connectivity index is 1.20. The number of hydrogen-bond acceptors (Lipinski definition) is 5. The highest BCUT2D eigenvalue weighted by Gasteiger charge is 2.07. The summed E-state index contributed by atoms with van der Waals surface area (Å²) in [5.41, 5.74) is 3.77. The Bertz CT molecular complexity index is 1090. The van der Waals surface area contributed by atoms with Gasteiger partial charge < -0.3 is 9.47 Å². The molecule has 0 aliphatic heterocycles. The lowest BCUT2D eigenvalue weighted by Crippen LogP contribution is -2.06. The van der Waals surface area contributed by atoms with Crippen LogP contribution in [0.3, 0.4) is 0 Å². The third kappa shape index (κ3) is 6.02. The van der Waals surface area contributed by atoms with E-state index in [9.17, 15) is 4.79 Å². The second-order valence-corrected chi connectivity index (χ2v) is 7.04.